The lowest BCUT2D eigenvalue weighted by Gasteiger charge is -2.11. The molecule has 0 fully saturated rings. The van der Waals surface area contributed by atoms with Crippen molar-refractivity contribution in [2.24, 2.45) is 10.2 Å². The second kappa shape index (κ2) is 5.30. The Bertz CT molecular complexity index is 700. The first-order chi connectivity index (χ1) is 9.08. The average Bonchev–Trinajstić information content (AvgIpc) is 2.36. The van der Waals surface area contributed by atoms with Crippen LogP contribution in [0.2, 0.25) is 0 Å². The molecular formula is C12H13N5O2. The number of nitrogens with one attached hydrogen (secondary N) is 2. The van der Waals surface area contributed by atoms with Crippen molar-refractivity contribution < 1.29 is 0 Å². The van der Waals surface area contributed by atoms with Gasteiger partial charge in [-0.25, -0.2) is 4.79 Å². The van der Waals surface area contributed by atoms with Crippen LogP contribution in [-0.2, 0) is 0 Å². The number of benzene rings is 1. The number of aromatic nitrogens is 2. The van der Waals surface area contributed by atoms with Gasteiger partial charge < -0.3 is 4.90 Å². The molecule has 2 N–H and O–H groups in total. The zero-order valence-electron chi connectivity index (χ0n) is 10.5. The molecule has 0 amide bonds. The number of azo groups is 1. The van der Waals surface area contributed by atoms with Gasteiger partial charge in [0.15, 0.2) is 5.82 Å². The van der Waals surface area contributed by atoms with Gasteiger partial charge in [-0.2, -0.15) is 0 Å². The zero-order chi connectivity index (χ0) is 13.8. The Kier molecular flexibility index (Phi) is 3.56. The van der Waals surface area contributed by atoms with Crippen LogP contribution in [0.4, 0.5) is 17.2 Å². The third kappa shape index (κ3) is 2.95. The zero-order valence-corrected chi connectivity index (χ0v) is 10.5. The summed E-state index contributed by atoms with van der Waals surface area (Å²) in [6, 6.07) is 9.04. The summed E-state index contributed by atoms with van der Waals surface area (Å²) in [6.45, 7) is 0. The minimum Gasteiger partial charge on any atom is -0.370 e. The van der Waals surface area contributed by atoms with Gasteiger partial charge in [-0.15, -0.1) is 10.2 Å². The second-order valence-electron chi connectivity index (χ2n) is 4.04. The van der Waals surface area contributed by atoms with E-state index in [1.54, 1.807) is 31.1 Å². The quantitative estimate of drug-likeness (QED) is 0.819. The predicted molar refractivity (Wildman–Crippen MR) is 72.6 cm³/mol. The van der Waals surface area contributed by atoms with E-state index in [9.17, 15) is 9.59 Å². The van der Waals surface area contributed by atoms with Crippen LogP contribution in [0.5, 0.6) is 0 Å². The van der Waals surface area contributed by atoms with Crippen LogP contribution in [0.15, 0.2) is 50.1 Å². The largest absolute Gasteiger partial charge is 0.370 e. The van der Waals surface area contributed by atoms with Crippen molar-refractivity contribution in [3.05, 3.63) is 51.2 Å². The summed E-state index contributed by atoms with van der Waals surface area (Å²) in [7, 11) is 3.37. The first-order valence-corrected chi connectivity index (χ1v) is 5.58. The van der Waals surface area contributed by atoms with Crippen molar-refractivity contribution in [2.75, 3.05) is 19.0 Å². The normalized spacial score (nSPS) is 10.8. The molecule has 1 aromatic carbocycles. The monoisotopic (exact) mass is 259 g/mol. The highest BCUT2D eigenvalue weighted by Gasteiger charge is 2.10. The van der Waals surface area contributed by atoms with Gasteiger partial charge in [-0.3, -0.25) is 14.8 Å². The molecule has 1 aromatic heterocycles. The van der Waals surface area contributed by atoms with Crippen LogP contribution in [0.25, 0.3) is 0 Å². The third-order valence-corrected chi connectivity index (χ3v) is 2.37. The molecule has 1 heterocycles. The van der Waals surface area contributed by atoms with Crippen molar-refractivity contribution in [2.45, 2.75) is 0 Å². The summed E-state index contributed by atoms with van der Waals surface area (Å²) in [5.41, 5.74) is -0.235. The predicted octanol–water partition coefficient (Wildman–Crippen LogP) is 1.54. The van der Waals surface area contributed by atoms with Crippen molar-refractivity contribution in [1.29, 1.82) is 0 Å². The van der Waals surface area contributed by atoms with Crippen LogP contribution in [0, 0.1) is 0 Å². The average molecular weight is 259 g/mol. The van der Waals surface area contributed by atoms with Crippen LogP contribution >= 0.6 is 0 Å². The van der Waals surface area contributed by atoms with Crippen LogP contribution in [0.1, 0.15) is 0 Å². The number of nitrogens with zero attached hydrogens (tertiary/aromatic N) is 3. The van der Waals surface area contributed by atoms with Gasteiger partial charge in [0.05, 0.1) is 5.69 Å². The Labute approximate surface area is 108 Å². The molecule has 0 spiro atoms. The van der Waals surface area contributed by atoms with E-state index in [-0.39, 0.29) is 11.5 Å². The molecule has 2 rings (SSSR count). The van der Waals surface area contributed by atoms with Crippen LogP contribution in [-0.4, -0.2) is 24.1 Å². The number of H-pyrrole nitrogens is 2. The number of anilines is 1. The van der Waals surface area contributed by atoms with E-state index in [4.69, 9.17) is 0 Å². The standard InChI is InChI=1S/C12H13N5O2/c1-17(2)9-10(13-12(19)14-11(9)18)16-15-8-6-4-3-5-7-8/h3-7H,1-2H3,(H2,13,14,18,19). The third-order valence-electron chi connectivity index (χ3n) is 2.37. The molecule has 7 nitrogen and oxygen atoms in total. The first-order valence-electron chi connectivity index (χ1n) is 5.58. The molecule has 0 aliphatic carbocycles. The molecule has 0 atom stereocenters. The summed E-state index contributed by atoms with van der Waals surface area (Å²) in [5.74, 6) is 0.127. The lowest BCUT2D eigenvalue weighted by molar-refractivity contribution is 0.971. The molecule has 2 aromatic rings. The number of hydrogen-bond acceptors (Lipinski definition) is 5. The molecule has 7 heteroatoms. The molecule has 0 radical (unpaired) electrons. The minimum atomic E-state index is -0.613. The van der Waals surface area contributed by atoms with Gasteiger partial charge >= 0.3 is 5.69 Å². The Morgan fingerprint density at radius 2 is 1.68 bits per heavy atom. The second-order valence-corrected chi connectivity index (χ2v) is 4.04. The molecule has 0 saturated carbocycles. The Hall–Kier alpha value is -2.70. The highest BCUT2D eigenvalue weighted by atomic mass is 16.2. The fourth-order valence-electron chi connectivity index (χ4n) is 1.56. The Morgan fingerprint density at radius 3 is 2.32 bits per heavy atom. The summed E-state index contributed by atoms with van der Waals surface area (Å²) in [6.07, 6.45) is 0. The van der Waals surface area contributed by atoms with Crippen LogP contribution in [0.3, 0.4) is 0 Å². The van der Waals surface area contributed by atoms with E-state index >= 15 is 0 Å². The fourth-order valence-corrected chi connectivity index (χ4v) is 1.56. The molecule has 19 heavy (non-hydrogen) atoms. The number of rotatable bonds is 3. The molecule has 0 saturated heterocycles. The van der Waals surface area contributed by atoms with E-state index in [1.165, 1.54) is 0 Å². The Morgan fingerprint density at radius 1 is 1.00 bits per heavy atom. The van der Waals surface area contributed by atoms with E-state index in [0.29, 0.717) is 5.69 Å². The summed E-state index contributed by atoms with van der Waals surface area (Å²) in [5, 5.41) is 7.90. The van der Waals surface area contributed by atoms with Crippen molar-refractivity contribution in [1.82, 2.24) is 9.97 Å². The van der Waals surface area contributed by atoms with Crippen LogP contribution < -0.4 is 16.1 Å². The lowest BCUT2D eigenvalue weighted by atomic mass is 10.3. The SMILES string of the molecule is CN(C)c1c(N=Nc2ccccc2)[nH]c(=O)[nH]c1=O. The fraction of sp³-hybridized carbons (Fsp3) is 0.167. The Balaban J connectivity index is 2.48. The highest BCUT2D eigenvalue weighted by molar-refractivity contribution is 5.59. The van der Waals surface area contributed by atoms with Gasteiger partial charge in [0, 0.05) is 14.1 Å². The maximum Gasteiger partial charge on any atom is 0.327 e. The summed E-state index contributed by atoms with van der Waals surface area (Å²) < 4.78 is 0. The highest BCUT2D eigenvalue weighted by Crippen LogP contribution is 2.21. The smallest absolute Gasteiger partial charge is 0.327 e. The molecule has 0 aliphatic heterocycles. The molecule has 0 bridgehead atoms. The van der Waals surface area contributed by atoms with E-state index < -0.39 is 11.2 Å². The van der Waals surface area contributed by atoms with Crippen molar-refractivity contribution in [3.63, 3.8) is 0 Å². The molecule has 98 valence electrons. The van der Waals surface area contributed by atoms with E-state index in [2.05, 4.69) is 20.2 Å². The van der Waals surface area contributed by atoms with Crippen molar-refractivity contribution >= 4 is 17.2 Å². The van der Waals surface area contributed by atoms with E-state index in [0.717, 1.165) is 0 Å². The topological polar surface area (TPSA) is 93.7 Å². The maximum absolute atomic E-state index is 11.7. The number of hydrogen-bond donors (Lipinski definition) is 2. The summed E-state index contributed by atoms with van der Waals surface area (Å²) >= 11 is 0. The van der Waals surface area contributed by atoms with Gasteiger partial charge in [-0.1, -0.05) is 18.2 Å². The molecule has 0 unspecified atom stereocenters. The summed E-state index contributed by atoms with van der Waals surface area (Å²) in [4.78, 5) is 29.1. The molecule has 0 aliphatic rings. The van der Waals surface area contributed by atoms with Gasteiger partial charge in [-0.05, 0) is 12.1 Å². The molecular weight excluding hydrogens is 246 g/mol. The minimum absolute atomic E-state index is 0.127. The van der Waals surface area contributed by atoms with Gasteiger partial charge in [0.1, 0.15) is 5.69 Å². The van der Waals surface area contributed by atoms with Crippen molar-refractivity contribution in [3.8, 4) is 0 Å². The maximum atomic E-state index is 11.7. The first kappa shape index (κ1) is 12.7. The number of aromatic amines is 2. The lowest BCUT2D eigenvalue weighted by Crippen LogP contribution is -2.28. The van der Waals surface area contributed by atoms with Gasteiger partial charge in [0.25, 0.3) is 5.56 Å². The van der Waals surface area contributed by atoms with E-state index in [1.807, 2.05) is 18.2 Å². The van der Waals surface area contributed by atoms with Gasteiger partial charge in [0.2, 0.25) is 0 Å².